The van der Waals surface area contributed by atoms with Crippen molar-refractivity contribution in [3.63, 3.8) is 0 Å². The quantitative estimate of drug-likeness (QED) is 0.531. The van der Waals surface area contributed by atoms with Gasteiger partial charge >= 0.3 is 5.97 Å². The lowest BCUT2D eigenvalue weighted by Gasteiger charge is -2.25. The van der Waals surface area contributed by atoms with E-state index in [4.69, 9.17) is 5.73 Å². The Kier molecular flexibility index (Phi) is 8.49. The maximum atomic E-state index is 13.2. The fourth-order valence-electron chi connectivity index (χ4n) is 4.57. The minimum absolute atomic E-state index is 0.0815. The summed E-state index contributed by atoms with van der Waals surface area (Å²) in [6.45, 7) is 5.28. The van der Waals surface area contributed by atoms with Crippen molar-refractivity contribution in [1.29, 1.82) is 0 Å². The molecule has 3 atom stereocenters. The maximum Gasteiger partial charge on any atom is 0.321 e. The number of nitrogens with two attached hydrogens (primary N) is 1. The molecule has 5 N–H and O–H groups in total. The molecule has 180 valence electrons. The smallest absolute Gasteiger partial charge is 0.321 e. The molecule has 1 aliphatic heterocycles. The van der Waals surface area contributed by atoms with Crippen LogP contribution in [0.3, 0.4) is 0 Å². The van der Waals surface area contributed by atoms with Crippen LogP contribution in [0.5, 0.6) is 0 Å². The summed E-state index contributed by atoms with van der Waals surface area (Å²) in [5.41, 5.74) is 7.94. The van der Waals surface area contributed by atoms with Crippen LogP contribution in [0.25, 0.3) is 10.9 Å². The minimum atomic E-state index is -1.33. The molecule has 0 saturated carbocycles. The third-order valence-corrected chi connectivity index (χ3v) is 6.33. The van der Waals surface area contributed by atoms with E-state index in [0.29, 0.717) is 19.4 Å². The number of amides is 2. The summed E-state index contributed by atoms with van der Waals surface area (Å²) in [5, 5.41) is 16.2. The van der Waals surface area contributed by atoms with E-state index in [1.165, 1.54) is 0 Å². The number of nitrogens with zero attached hydrogens (tertiary/aromatic N) is 1. The first-order valence-electron chi connectivity index (χ1n) is 11.9. The van der Waals surface area contributed by atoms with Gasteiger partial charge < -0.3 is 26.0 Å². The number of aryl methyl sites for hydroxylation is 1. The Labute approximate surface area is 194 Å². The van der Waals surface area contributed by atoms with Gasteiger partial charge in [0.05, 0.1) is 5.92 Å². The molecule has 0 spiro atoms. The molecule has 33 heavy (non-hydrogen) atoms. The summed E-state index contributed by atoms with van der Waals surface area (Å²) in [4.78, 5) is 37.7. The summed E-state index contributed by atoms with van der Waals surface area (Å²) in [6.07, 6.45) is 6.77. The van der Waals surface area contributed by atoms with Crippen molar-refractivity contribution in [2.24, 2.45) is 17.6 Å². The Morgan fingerprint density at radius 1 is 1.21 bits per heavy atom. The molecular formula is C25H36N4O4. The van der Waals surface area contributed by atoms with Crippen molar-refractivity contribution < 1.29 is 19.5 Å². The van der Waals surface area contributed by atoms with Crippen molar-refractivity contribution in [1.82, 2.24) is 15.2 Å². The number of rotatable bonds is 6. The SMILES string of the molecule is CC(C)C[C@@H](C(=O)N[C@H]1Cc2cn(c3ccccc23)CCCCCCNC1=O)C(N)C(=O)O. The van der Waals surface area contributed by atoms with Gasteiger partial charge in [0.1, 0.15) is 12.1 Å². The lowest BCUT2D eigenvalue weighted by molar-refractivity contribution is -0.143. The fourth-order valence-corrected chi connectivity index (χ4v) is 4.57. The van der Waals surface area contributed by atoms with Crippen molar-refractivity contribution in [2.45, 2.75) is 71.0 Å². The standard InChI is InChI=1S/C25H36N4O4/c1-16(2)13-19(22(26)25(32)33)23(30)28-20-14-17-15-29(21-10-6-5-9-18(17)21)12-8-4-3-7-11-27-24(20)31/h5-6,9-10,15-16,19-20,22H,3-4,7-8,11-14,26H2,1-2H3,(H,27,31)(H,28,30)(H,32,33)/t19-,20+,22?/m1/s1. The van der Waals surface area contributed by atoms with Crippen LogP contribution < -0.4 is 16.4 Å². The Bertz CT molecular complexity index is 984. The summed E-state index contributed by atoms with van der Waals surface area (Å²) >= 11 is 0. The number of carboxylic acid groups (broad SMARTS) is 1. The topological polar surface area (TPSA) is 126 Å². The highest BCUT2D eigenvalue weighted by Crippen LogP contribution is 2.24. The molecule has 2 aromatic rings. The van der Waals surface area contributed by atoms with Gasteiger partial charge in [0, 0.05) is 36.6 Å². The van der Waals surface area contributed by atoms with Gasteiger partial charge in [-0.3, -0.25) is 14.4 Å². The van der Waals surface area contributed by atoms with Crippen molar-refractivity contribution in [3.8, 4) is 0 Å². The second-order valence-corrected chi connectivity index (χ2v) is 9.44. The number of para-hydroxylation sites is 1. The molecule has 2 bridgehead atoms. The van der Waals surface area contributed by atoms with Gasteiger partial charge in [-0.15, -0.1) is 0 Å². The lowest BCUT2D eigenvalue weighted by Crippen LogP contribution is -2.53. The predicted molar refractivity (Wildman–Crippen MR) is 128 cm³/mol. The second-order valence-electron chi connectivity index (χ2n) is 9.44. The maximum absolute atomic E-state index is 13.2. The van der Waals surface area contributed by atoms with Gasteiger partial charge in [-0.05, 0) is 36.8 Å². The molecule has 0 fully saturated rings. The van der Waals surface area contributed by atoms with Gasteiger partial charge in [-0.25, -0.2) is 0 Å². The molecule has 2 heterocycles. The van der Waals surface area contributed by atoms with E-state index < -0.39 is 29.9 Å². The summed E-state index contributed by atoms with van der Waals surface area (Å²) in [5.74, 6) is -2.81. The van der Waals surface area contributed by atoms with Crippen LogP contribution in [-0.4, -0.2) is 46.1 Å². The molecule has 8 nitrogen and oxygen atoms in total. The third kappa shape index (κ3) is 6.35. The highest BCUT2D eigenvalue weighted by molar-refractivity contribution is 5.92. The van der Waals surface area contributed by atoms with Crippen LogP contribution in [0.4, 0.5) is 0 Å². The zero-order chi connectivity index (χ0) is 24.0. The fraction of sp³-hybridized carbons (Fsp3) is 0.560. The number of aromatic nitrogens is 1. The first kappa shape index (κ1) is 24.8. The van der Waals surface area contributed by atoms with Crippen LogP contribution >= 0.6 is 0 Å². The molecule has 0 aliphatic carbocycles. The average molecular weight is 457 g/mol. The molecule has 1 unspecified atom stereocenters. The van der Waals surface area contributed by atoms with Crippen molar-refractivity contribution >= 4 is 28.7 Å². The van der Waals surface area contributed by atoms with Gasteiger partial charge in [0.2, 0.25) is 11.8 Å². The number of fused-ring (bicyclic) bond motifs is 5. The van der Waals surface area contributed by atoms with E-state index in [2.05, 4.69) is 27.5 Å². The monoisotopic (exact) mass is 456 g/mol. The van der Waals surface area contributed by atoms with Crippen LogP contribution in [0.15, 0.2) is 30.5 Å². The van der Waals surface area contributed by atoms with E-state index in [1.807, 2.05) is 32.0 Å². The second kappa shape index (κ2) is 11.3. The van der Waals surface area contributed by atoms with E-state index in [0.717, 1.165) is 48.7 Å². The summed E-state index contributed by atoms with van der Waals surface area (Å²) < 4.78 is 2.22. The number of benzene rings is 1. The number of nitrogens with one attached hydrogen (secondary N) is 2. The molecule has 0 saturated heterocycles. The number of carbonyl (C=O) groups is 3. The Hall–Kier alpha value is -2.87. The normalized spacial score (nSPS) is 19.6. The molecule has 1 aromatic heterocycles. The third-order valence-electron chi connectivity index (χ3n) is 6.33. The molecule has 2 amide bonds. The average Bonchev–Trinajstić information content (AvgIpc) is 3.13. The van der Waals surface area contributed by atoms with Crippen molar-refractivity contribution in [3.05, 3.63) is 36.0 Å². The number of carbonyl (C=O) groups excluding carboxylic acids is 2. The van der Waals surface area contributed by atoms with Crippen LogP contribution in [0.2, 0.25) is 0 Å². The van der Waals surface area contributed by atoms with E-state index in [1.54, 1.807) is 0 Å². The molecule has 1 aliphatic rings. The van der Waals surface area contributed by atoms with Gasteiger partial charge in [-0.1, -0.05) is 44.9 Å². The first-order valence-corrected chi connectivity index (χ1v) is 11.9. The Morgan fingerprint density at radius 3 is 2.67 bits per heavy atom. The molecule has 8 heteroatoms. The zero-order valence-corrected chi connectivity index (χ0v) is 19.5. The minimum Gasteiger partial charge on any atom is -0.480 e. The molecule has 1 aromatic carbocycles. The van der Waals surface area contributed by atoms with Gasteiger partial charge in [0.25, 0.3) is 0 Å². The Morgan fingerprint density at radius 2 is 1.94 bits per heavy atom. The van der Waals surface area contributed by atoms with Crippen LogP contribution in [-0.2, 0) is 27.3 Å². The Balaban J connectivity index is 1.91. The van der Waals surface area contributed by atoms with Gasteiger partial charge in [-0.2, -0.15) is 0 Å². The predicted octanol–water partition coefficient (Wildman–Crippen LogP) is 2.43. The number of hydrogen-bond donors (Lipinski definition) is 4. The van der Waals surface area contributed by atoms with Crippen LogP contribution in [0.1, 0.15) is 51.5 Å². The highest BCUT2D eigenvalue weighted by Gasteiger charge is 2.34. The molecule has 3 rings (SSSR count). The molecular weight excluding hydrogens is 420 g/mol. The van der Waals surface area contributed by atoms with Gasteiger partial charge in [0.15, 0.2) is 0 Å². The summed E-state index contributed by atoms with van der Waals surface area (Å²) in [7, 11) is 0. The zero-order valence-electron chi connectivity index (χ0n) is 19.5. The van der Waals surface area contributed by atoms with E-state index in [9.17, 15) is 19.5 Å². The lowest BCUT2D eigenvalue weighted by atomic mass is 9.89. The summed E-state index contributed by atoms with van der Waals surface area (Å²) in [6, 6.07) is 5.94. The first-order chi connectivity index (χ1) is 15.8. The van der Waals surface area contributed by atoms with E-state index >= 15 is 0 Å². The number of carboxylic acids is 1. The molecule has 0 radical (unpaired) electrons. The van der Waals surface area contributed by atoms with Crippen molar-refractivity contribution in [2.75, 3.05) is 6.54 Å². The number of hydrogen-bond acceptors (Lipinski definition) is 4. The highest BCUT2D eigenvalue weighted by atomic mass is 16.4. The van der Waals surface area contributed by atoms with Crippen LogP contribution in [0, 0.1) is 11.8 Å². The largest absolute Gasteiger partial charge is 0.480 e. The number of aliphatic carboxylic acids is 1. The van der Waals surface area contributed by atoms with E-state index in [-0.39, 0.29) is 11.8 Å².